The van der Waals surface area contributed by atoms with Gasteiger partial charge in [0.15, 0.2) is 0 Å². The number of carbonyl (C=O) groups excluding carboxylic acids is 2. The summed E-state index contributed by atoms with van der Waals surface area (Å²) in [7, 11) is -3.72. The summed E-state index contributed by atoms with van der Waals surface area (Å²) >= 11 is 0. The predicted molar refractivity (Wildman–Crippen MR) is 124 cm³/mol. The zero-order valence-electron chi connectivity index (χ0n) is 17.7. The van der Waals surface area contributed by atoms with Crippen LogP contribution in [-0.4, -0.2) is 39.2 Å². The SMILES string of the molecule is O=C(Nc1ccc(S(=O)(=O)NC2=NCCCCC2)cc1)c1ccc(N2CCCC2=O)cc1. The van der Waals surface area contributed by atoms with Gasteiger partial charge in [0.1, 0.15) is 5.84 Å². The number of anilines is 2. The van der Waals surface area contributed by atoms with Gasteiger partial charge in [0.2, 0.25) is 5.91 Å². The number of nitrogens with one attached hydrogen (secondary N) is 2. The minimum absolute atomic E-state index is 0.0952. The topological polar surface area (TPSA) is 108 Å². The second kappa shape index (κ2) is 9.52. The number of aliphatic imine (C=N–C) groups is 1. The smallest absolute Gasteiger partial charge is 0.262 e. The molecule has 2 amide bonds. The summed E-state index contributed by atoms with van der Waals surface area (Å²) in [5.74, 6) is 0.280. The van der Waals surface area contributed by atoms with Crippen LogP contribution in [-0.2, 0) is 14.8 Å². The molecule has 0 bridgehead atoms. The molecule has 0 unspecified atom stereocenters. The first-order valence-corrected chi connectivity index (χ1v) is 12.3. The molecule has 0 aromatic heterocycles. The van der Waals surface area contributed by atoms with Crippen molar-refractivity contribution in [3.8, 4) is 0 Å². The Morgan fingerprint density at radius 2 is 1.66 bits per heavy atom. The van der Waals surface area contributed by atoms with Gasteiger partial charge in [0.25, 0.3) is 15.9 Å². The molecular weight excluding hydrogens is 428 g/mol. The molecule has 0 saturated carbocycles. The Balaban J connectivity index is 1.39. The largest absolute Gasteiger partial charge is 0.322 e. The maximum atomic E-state index is 12.6. The van der Waals surface area contributed by atoms with Crippen molar-refractivity contribution in [3.05, 3.63) is 54.1 Å². The Bertz CT molecular complexity index is 1130. The molecule has 8 nitrogen and oxygen atoms in total. The van der Waals surface area contributed by atoms with Gasteiger partial charge < -0.3 is 10.2 Å². The number of hydrogen-bond donors (Lipinski definition) is 2. The highest BCUT2D eigenvalue weighted by molar-refractivity contribution is 7.90. The number of rotatable bonds is 5. The van der Waals surface area contributed by atoms with Crippen molar-refractivity contribution in [2.24, 2.45) is 4.99 Å². The third-order valence-corrected chi connectivity index (χ3v) is 6.96. The highest BCUT2D eigenvalue weighted by Crippen LogP contribution is 2.22. The number of benzene rings is 2. The molecule has 0 atom stereocenters. The number of carbonyl (C=O) groups is 2. The maximum absolute atomic E-state index is 12.6. The zero-order valence-corrected chi connectivity index (χ0v) is 18.5. The van der Waals surface area contributed by atoms with Gasteiger partial charge in [-0.05, 0) is 67.8 Å². The molecule has 168 valence electrons. The predicted octanol–water partition coefficient (Wildman–Crippen LogP) is 3.32. The van der Waals surface area contributed by atoms with Crippen molar-refractivity contribution in [2.45, 2.75) is 43.4 Å². The first-order chi connectivity index (χ1) is 15.4. The molecule has 4 rings (SSSR count). The van der Waals surface area contributed by atoms with Crippen molar-refractivity contribution in [1.29, 1.82) is 0 Å². The summed E-state index contributed by atoms with van der Waals surface area (Å²) in [6.07, 6.45) is 4.95. The van der Waals surface area contributed by atoms with Crippen LogP contribution in [0.25, 0.3) is 0 Å². The van der Waals surface area contributed by atoms with Gasteiger partial charge in [0, 0.05) is 42.9 Å². The fourth-order valence-electron chi connectivity index (χ4n) is 3.81. The van der Waals surface area contributed by atoms with Gasteiger partial charge >= 0.3 is 0 Å². The molecule has 1 saturated heterocycles. The number of nitrogens with zero attached hydrogens (tertiary/aromatic N) is 2. The van der Waals surface area contributed by atoms with Gasteiger partial charge in [-0.15, -0.1) is 0 Å². The second-order valence-electron chi connectivity index (χ2n) is 7.92. The summed E-state index contributed by atoms with van der Waals surface area (Å²) in [4.78, 5) is 30.5. The van der Waals surface area contributed by atoms with Crippen molar-refractivity contribution in [1.82, 2.24) is 4.72 Å². The number of amides is 2. The van der Waals surface area contributed by atoms with Gasteiger partial charge in [-0.2, -0.15) is 0 Å². The van der Waals surface area contributed by atoms with Crippen molar-refractivity contribution >= 4 is 39.0 Å². The van der Waals surface area contributed by atoms with Gasteiger partial charge in [-0.25, -0.2) is 8.42 Å². The molecule has 9 heteroatoms. The van der Waals surface area contributed by atoms with Crippen LogP contribution in [0.15, 0.2) is 58.4 Å². The van der Waals surface area contributed by atoms with E-state index in [4.69, 9.17) is 0 Å². The molecule has 2 aromatic carbocycles. The summed E-state index contributed by atoms with van der Waals surface area (Å²) < 4.78 is 27.8. The maximum Gasteiger partial charge on any atom is 0.262 e. The van der Waals surface area contributed by atoms with Crippen molar-refractivity contribution in [2.75, 3.05) is 23.3 Å². The summed E-state index contributed by atoms with van der Waals surface area (Å²) in [6.45, 7) is 1.33. The Kier molecular flexibility index (Phi) is 6.55. The lowest BCUT2D eigenvalue weighted by atomic mass is 10.1. The first-order valence-electron chi connectivity index (χ1n) is 10.8. The van der Waals surface area contributed by atoms with E-state index < -0.39 is 10.0 Å². The van der Waals surface area contributed by atoms with Gasteiger partial charge in [-0.3, -0.25) is 19.3 Å². The summed E-state index contributed by atoms with van der Waals surface area (Å²) in [5.41, 5.74) is 1.72. The van der Waals surface area contributed by atoms with E-state index in [1.54, 1.807) is 41.3 Å². The molecule has 0 spiro atoms. The summed E-state index contributed by atoms with van der Waals surface area (Å²) in [6, 6.07) is 12.9. The molecule has 1 fully saturated rings. The second-order valence-corrected chi connectivity index (χ2v) is 9.60. The monoisotopic (exact) mass is 454 g/mol. The van der Waals surface area contributed by atoms with E-state index >= 15 is 0 Å². The van der Waals surface area contributed by atoms with Crippen LogP contribution in [0.4, 0.5) is 11.4 Å². The molecule has 2 aliphatic rings. The molecule has 2 heterocycles. The Morgan fingerprint density at radius 1 is 0.906 bits per heavy atom. The molecule has 2 aromatic rings. The van der Waals surface area contributed by atoms with Crippen LogP contribution in [0.3, 0.4) is 0 Å². The molecule has 2 N–H and O–H groups in total. The van der Waals surface area contributed by atoms with Gasteiger partial charge in [0.05, 0.1) is 4.90 Å². The molecule has 0 aliphatic carbocycles. The third kappa shape index (κ3) is 5.16. The number of hydrogen-bond acceptors (Lipinski definition) is 5. The lowest BCUT2D eigenvalue weighted by Gasteiger charge is -2.16. The highest BCUT2D eigenvalue weighted by atomic mass is 32.2. The normalized spacial score (nSPS) is 16.9. The Labute approximate surface area is 187 Å². The van der Waals surface area contributed by atoms with Crippen LogP contribution < -0.4 is 14.9 Å². The van der Waals surface area contributed by atoms with E-state index in [1.807, 2.05) is 0 Å². The third-order valence-electron chi connectivity index (χ3n) is 5.56. The fourth-order valence-corrected chi connectivity index (χ4v) is 4.90. The minimum Gasteiger partial charge on any atom is -0.322 e. The number of sulfonamides is 1. The zero-order chi connectivity index (χ0) is 22.6. The first kappa shape index (κ1) is 22.0. The molecule has 2 aliphatic heterocycles. The quantitative estimate of drug-likeness (QED) is 0.722. The van der Waals surface area contributed by atoms with E-state index in [0.29, 0.717) is 43.0 Å². The van der Waals surface area contributed by atoms with Gasteiger partial charge in [-0.1, -0.05) is 6.42 Å². The van der Waals surface area contributed by atoms with E-state index in [9.17, 15) is 18.0 Å². The standard InChI is InChI=1S/C23H26N4O4S/c28-22-6-4-16-27(22)19-11-7-17(8-12-19)23(29)25-18-9-13-20(14-10-18)32(30,31)26-21-5-2-1-3-15-24-21/h7-14H,1-6,15-16H2,(H,24,26)(H,25,29). The van der Waals surface area contributed by atoms with Crippen molar-refractivity contribution < 1.29 is 18.0 Å². The van der Waals surface area contributed by atoms with Crippen molar-refractivity contribution in [3.63, 3.8) is 0 Å². The Hall–Kier alpha value is -3.20. The lowest BCUT2D eigenvalue weighted by Crippen LogP contribution is -2.30. The van der Waals surface area contributed by atoms with E-state index in [1.165, 1.54) is 12.1 Å². The average molecular weight is 455 g/mol. The number of amidine groups is 1. The molecular formula is C23H26N4O4S. The van der Waals surface area contributed by atoms with Crippen LogP contribution >= 0.6 is 0 Å². The van der Waals surface area contributed by atoms with E-state index in [0.717, 1.165) is 31.4 Å². The van der Waals surface area contributed by atoms with Crippen LogP contribution in [0, 0.1) is 0 Å². The average Bonchev–Trinajstić information content (AvgIpc) is 3.05. The van der Waals surface area contributed by atoms with Crippen LogP contribution in [0.5, 0.6) is 0 Å². The van der Waals surface area contributed by atoms with E-state index in [2.05, 4.69) is 15.0 Å². The lowest BCUT2D eigenvalue weighted by molar-refractivity contribution is -0.117. The highest BCUT2D eigenvalue weighted by Gasteiger charge is 2.22. The van der Waals surface area contributed by atoms with E-state index in [-0.39, 0.29) is 16.7 Å². The molecule has 0 radical (unpaired) electrons. The summed E-state index contributed by atoms with van der Waals surface area (Å²) in [5, 5.41) is 2.77. The molecule has 32 heavy (non-hydrogen) atoms. The Morgan fingerprint density at radius 3 is 2.34 bits per heavy atom. The van der Waals surface area contributed by atoms with Crippen LogP contribution in [0.1, 0.15) is 48.9 Å². The fraction of sp³-hybridized carbons (Fsp3) is 0.348. The minimum atomic E-state index is -3.72. The van der Waals surface area contributed by atoms with Crippen LogP contribution in [0.2, 0.25) is 0 Å².